The van der Waals surface area contributed by atoms with Crippen LogP contribution in [0.2, 0.25) is 0 Å². The van der Waals surface area contributed by atoms with Gasteiger partial charge in [0.2, 0.25) is 11.7 Å². The molecular weight excluding hydrogens is 422 g/mol. The Bertz CT molecular complexity index is 1190. The van der Waals surface area contributed by atoms with Gasteiger partial charge in [0.25, 0.3) is 0 Å². The highest BCUT2D eigenvalue weighted by molar-refractivity contribution is 5.94. The van der Waals surface area contributed by atoms with E-state index in [2.05, 4.69) is 12.2 Å². The smallest absolute Gasteiger partial charge is 0.338 e. The summed E-state index contributed by atoms with van der Waals surface area (Å²) < 4.78 is 24.3. The van der Waals surface area contributed by atoms with Crippen LogP contribution in [0.5, 0.6) is 17.2 Å². The number of rotatable bonds is 8. The number of esters is 1. The van der Waals surface area contributed by atoms with Crippen LogP contribution in [0.1, 0.15) is 38.3 Å². The average Bonchev–Trinajstić information content (AvgIpc) is 3.20. The van der Waals surface area contributed by atoms with Crippen LogP contribution in [0.3, 0.4) is 0 Å². The lowest BCUT2D eigenvalue weighted by atomic mass is 9.92. The summed E-state index contributed by atoms with van der Waals surface area (Å²) in [5.41, 5.74) is 3.88. The number of benzene rings is 2. The maximum absolute atomic E-state index is 13.3. The number of methoxy groups -OCH3 is 3. The molecule has 174 valence electrons. The quantitative estimate of drug-likeness (QED) is 0.497. The molecule has 0 aliphatic carbocycles. The van der Waals surface area contributed by atoms with Gasteiger partial charge in [-0.2, -0.15) is 0 Å². The maximum Gasteiger partial charge on any atom is 0.338 e. The summed E-state index contributed by atoms with van der Waals surface area (Å²) in [4.78, 5) is 18.1. The van der Waals surface area contributed by atoms with E-state index < -0.39 is 6.04 Å². The molecule has 0 bridgehead atoms. The van der Waals surface area contributed by atoms with Crippen LogP contribution >= 0.6 is 0 Å². The maximum atomic E-state index is 13.3. The van der Waals surface area contributed by atoms with Gasteiger partial charge in [-0.15, -0.1) is 0 Å². The molecule has 0 saturated heterocycles. The fourth-order valence-corrected chi connectivity index (χ4v) is 4.36. The zero-order chi connectivity index (χ0) is 23.5. The van der Waals surface area contributed by atoms with Gasteiger partial charge in [0, 0.05) is 5.70 Å². The van der Waals surface area contributed by atoms with Crippen LogP contribution in [0.15, 0.2) is 47.7 Å². The van der Waals surface area contributed by atoms with Crippen molar-refractivity contribution in [3.05, 3.63) is 53.2 Å². The Labute approximate surface area is 193 Å². The SMILES string of the molecule is CCCC1=C(C(=O)OCC)C(c2cc(OC)c(OC)c(OC)c2)n2c(nc3ccccc32)N1. The van der Waals surface area contributed by atoms with Crippen molar-refractivity contribution < 1.29 is 23.7 Å². The van der Waals surface area contributed by atoms with Crippen molar-refractivity contribution in [1.29, 1.82) is 0 Å². The van der Waals surface area contributed by atoms with Crippen molar-refractivity contribution in [2.75, 3.05) is 33.3 Å². The molecule has 0 fully saturated rings. The highest BCUT2D eigenvalue weighted by Gasteiger charge is 2.37. The molecule has 1 unspecified atom stereocenters. The van der Waals surface area contributed by atoms with Gasteiger partial charge in [-0.3, -0.25) is 4.57 Å². The Hall–Kier alpha value is -3.68. The largest absolute Gasteiger partial charge is 0.493 e. The minimum absolute atomic E-state index is 0.279. The molecule has 1 aliphatic rings. The van der Waals surface area contributed by atoms with Crippen molar-refractivity contribution in [1.82, 2.24) is 9.55 Å². The lowest BCUT2D eigenvalue weighted by Gasteiger charge is -2.31. The number of nitrogens with one attached hydrogen (secondary N) is 1. The van der Waals surface area contributed by atoms with Crippen LogP contribution in [0.4, 0.5) is 5.95 Å². The third-order valence-electron chi connectivity index (χ3n) is 5.71. The number of aromatic nitrogens is 2. The monoisotopic (exact) mass is 451 g/mol. The number of allylic oxidation sites excluding steroid dienone is 1. The highest BCUT2D eigenvalue weighted by Crippen LogP contribution is 2.46. The van der Waals surface area contributed by atoms with E-state index in [9.17, 15) is 4.79 Å². The Balaban J connectivity index is 2.04. The number of hydrogen-bond acceptors (Lipinski definition) is 7. The summed E-state index contributed by atoms with van der Waals surface area (Å²) in [6.45, 7) is 4.16. The summed E-state index contributed by atoms with van der Waals surface area (Å²) in [6.07, 6.45) is 1.53. The lowest BCUT2D eigenvalue weighted by Crippen LogP contribution is -2.30. The molecule has 1 N–H and O–H groups in total. The van der Waals surface area contributed by atoms with Crippen molar-refractivity contribution in [2.24, 2.45) is 0 Å². The predicted octanol–water partition coefficient (Wildman–Crippen LogP) is 4.69. The second kappa shape index (κ2) is 9.44. The zero-order valence-corrected chi connectivity index (χ0v) is 19.6. The van der Waals surface area contributed by atoms with Gasteiger partial charge in [0.05, 0.1) is 50.6 Å². The Morgan fingerprint density at radius 3 is 2.36 bits per heavy atom. The van der Waals surface area contributed by atoms with E-state index in [0.29, 0.717) is 35.2 Å². The molecule has 0 spiro atoms. The topological polar surface area (TPSA) is 83.8 Å². The van der Waals surface area contributed by atoms with E-state index in [1.54, 1.807) is 28.3 Å². The van der Waals surface area contributed by atoms with Crippen LogP contribution in [0, 0.1) is 0 Å². The third kappa shape index (κ3) is 3.86. The van der Waals surface area contributed by atoms with Gasteiger partial charge in [-0.1, -0.05) is 25.5 Å². The number of imidazole rings is 1. The molecule has 3 aromatic rings. The summed E-state index contributed by atoms with van der Waals surface area (Å²) >= 11 is 0. The first kappa shape index (κ1) is 22.5. The summed E-state index contributed by atoms with van der Waals surface area (Å²) in [5.74, 6) is 1.82. The molecule has 8 heteroatoms. The molecule has 2 heterocycles. The number of para-hydroxylation sites is 2. The summed E-state index contributed by atoms with van der Waals surface area (Å²) in [5, 5.41) is 3.40. The first-order chi connectivity index (χ1) is 16.1. The van der Waals surface area contributed by atoms with Gasteiger partial charge in [-0.05, 0) is 43.2 Å². The Kier molecular flexibility index (Phi) is 6.44. The van der Waals surface area contributed by atoms with Crippen LogP contribution in [-0.2, 0) is 9.53 Å². The van der Waals surface area contributed by atoms with Crippen LogP contribution < -0.4 is 19.5 Å². The molecule has 1 aliphatic heterocycles. The van der Waals surface area contributed by atoms with E-state index in [4.69, 9.17) is 23.9 Å². The van der Waals surface area contributed by atoms with E-state index in [1.807, 2.05) is 41.0 Å². The Morgan fingerprint density at radius 1 is 1.06 bits per heavy atom. The molecule has 2 aromatic carbocycles. The lowest BCUT2D eigenvalue weighted by molar-refractivity contribution is -0.139. The normalized spacial score (nSPS) is 15.1. The Morgan fingerprint density at radius 2 is 1.76 bits per heavy atom. The molecular formula is C25H29N3O5. The molecule has 0 amide bonds. The van der Waals surface area contributed by atoms with Gasteiger partial charge in [0.1, 0.15) is 0 Å². The number of nitrogens with zero attached hydrogens (tertiary/aromatic N) is 2. The number of ether oxygens (including phenoxy) is 4. The highest BCUT2D eigenvalue weighted by atomic mass is 16.5. The van der Waals surface area contributed by atoms with Gasteiger partial charge < -0.3 is 24.3 Å². The number of carbonyl (C=O) groups excluding carboxylic acids is 1. The second-order valence-electron chi connectivity index (χ2n) is 7.64. The fourth-order valence-electron chi connectivity index (χ4n) is 4.36. The molecule has 8 nitrogen and oxygen atoms in total. The van der Waals surface area contributed by atoms with E-state index in [-0.39, 0.29) is 12.6 Å². The zero-order valence-electron chi connectivity index (χ0n) is 19.6. The number of anilines is 1. The first-order valence-electron chi connectivity index (χ1n) is 11.0. The second-order valence-corrected chi connectivity index (χ2v) is 7.64. The van der Waals surface area contributed by atoms with Gasteiger partial charge in [0.15, 0.2) is 11.5 Å². The number of fused-ring (bicyclic) bond motifs is 3. The first-order valence-corrected chi connectivity index (χ1v) is 11.0. The van der Waals surface area contributed by atoms with E-state index >= 15 is 0 Å². The van der Waals surface area contributed by atoms with Gasteiger partial charge >= 0.3 is 5.97 Å². The van der Waals surface area contributed by atoms with Crippen molar-refractivity contribution in [2.45, 2.75) is 32.7 Å². The van der Waals surface area contributed by atoms with Crippen LogP contribution in [0.25, 0.3) is 11.0 Å². The molecule has 33 heavy (non-hydrogen) atoms. The third-order valence-corrected chi connectivity index (χ3v) is 5.71. The van der Waals surface area contributed by atoms with Crippen molar-refractivity contribution in [3.63, 3.8) is 0 Å². The minimum atomic E-state index is -0.497. The molecule has 0 saturated carbocycles. The van der Waals surface area contributed by atoms with Gasteiger partial charge in [-0.25, -0.2) is 9.78 Å². The van der Waals surface area contributed by atoms with E-state index in [1.165, 1.54) is 0 Å². The molecule has 0 radical (unpaired) electrons. The molecule has 1 atom stereocenters. The average molecular weight is 452 g/mol. The van der Waals surface area contributed by atoms with E-state index in [0.717, 1.165) is 28.7 Å². The minimum Gasteiger partial charge on any atom is -0.493 e. The predicted molar refractivity (Wildman–Crippen MR) is 126 cm³/mol. The standard InChI is InChI=1S/C25H29N3O5/c1-6-10-17-21(24(29)33-7-2)22(15-13-19(30-3)23(32-5)20(14-15)31-4)28-18-12-9-8-11-16(18)26-25(28)27-17/h8-9,11-14,22H,6-7,10H2,1-5H3,(H,26,27). The fraction of sp³-hybridized carbons (Fsp3) is 0.360. The van der Waals surface area contributed by atoms with Crippen molar-refractivity contribution >= 4 is 23.0 Å². The molecule has 1 aromatic heterocycles. The van der Waals surface area contributed by atoms with Crippen molar-refractivity contribution in [3.8, 4) is 17.2 Å². The number of carbonyl (C=O) groups is 1. The van der Waals surface area contributed by atoms with Crippen LogP contribution in [-0.4, -0.2) is 43.5 Å². The summed E-state index contributed by atoms with van der Waals surface area (Å²) in [6, 6.07) is 11.1. The summed E-state index contributed by atoms with van der Waals surface area (Å²) in [7, 11) is 4.72. The number of hydrogen-bond donors (Lipinski definition) is 1. The molecule has 4 rings (SSSR count).